The summed E-state index contributed by atoms with van der Waals surface area (Å²) in [6, 6.07) is 21.0. The third-order valence-electron chi connectivity index (χ3n) is 8.41. The van der Waals surface area contributed by atoms with Crippen LogP contribution in [0.2, 0.25) is 0 Å². The molecule has 2 bridgehead atoms. The molecular weight excluding hydrogens is 562 g/mol. The molecule has 39 heavy (non-hydrogen) atoms. The van der Waals surface area contributed by atoms with Gasteiger partial charge in [0.15, 0.2) is 0 Å². The molecule has 0 radical (unpaired) electrons. The van der Waals surface area contributed by atoms with Crippen LogP contribution in [0, 0.1) is 11.8 Å². The molecule has 3 N–H and O–H groups in total. The van der Waals surface area contributed by atoms with Gasteiger partial charge in [0.25, 0.3) is 0 Å². The summed E-state index contributed by atoms with van der Waals surface area (Å²) in [5, 5.41) is 18.2. The van der Waals surface area contributed by atoms with Gasteiger partial charge in [-0.1, -0.05) is 71.4 Å². The molecule has 3 unspecified atom stereocenters. The summed E-state index contributed by atoms with van der Waals surface area (Å²) in [4.78, 5) is 43.0. The lowest BCUT2D eigenvalue weighted by molar-refractivity contribution is -0.143. The van der Waals surface area contributed by atoms with E-state index in [1.807, 2.05) is 67.6 Å². The van der Waals surface area contributed by atoms with E-state index in [9.17, 15) is 19.5 Å². The van der Waals surface area contributed by atoms with Crippen LogP contribution in [0.4, 0.5) is 11.4 Å². The summed E-state index contributed by atoms with van der Waals surface area (Å²) < 4.78 is 6.54. The van der Waals surface area contributed by atoms with Gasteiger partial charge in [0.1, 0.15) is 11.6 Å². The topological polar surface area (TPSA) is 108 Å². The van der Waals surface area contributed by atoms with Crippen molar-refractivity contribution in [1.82, 2.24) is 4.90 Å². The van der Waals surface area contributed by atoms with E-state index in [1.165, 1.54) is 4.90 Å². The number of fused-ring (bicyclic) bond motifs is 2. The van der Waals surface area contributed by atoms with E-state index in [1.54, 1.807) is 12.1 Å². The van der Waals surface area contributed by atoms with Crippen LogP contribution in [0.25, 0.3) is 10.8 Å². The van der Waals surface area contributed by atoms with Gasteiger partial charge in [-0.3, -0.25) is 14.4 Å². The molecule has 3 aliphatic rings. The molecule has 3 fully saturated rings. The maximum absolute atomic E-state index is 14.1. The Bertz CT molecular complexity index is 1430. The fraction of sp³-hybridized carbons (Fsp3) is 0.367. The standard InChI is InChI=1S/C30H30BrN3O5/c1-2-21(16-35)34-26(28(37)33-20-13-12-17-8-6-7-9-18(17)14-20)30-15-22(31)25(39-30)23(24(30)29(34)38)27(36)32-19-10-4-3-5-11-19/h3-14,21-26,35H,2,15-16H2,1H3,(H,32,36)(H,33,37)/t21-,22?,23+,24-,25+,26?,30?/m0/s1. The van der Waals surface area contributed by atoms with E-state index in [0.717, 1.165) is 10.8 Å². The molecule has 0 saturated carbocycles. The molecule has 0 aromatic heterocycles. The van der Waals surface area contributed by atoms with Crippen LogP contribution in [-0.4, -0.2) is 63.0 Å². The molecule has 3 heterocycles. The quantitative estimate of drug-likeness (QED) is 0.361. The second kappa shape index (κ2) is 10.0. The Balaban J connectivity index is 1.37. The lowest BCUT2D eigenvalue weighted by atomic mass is 9.70. The van der Waals surface area contributed by atoms with E-state index >= 15 is 0 Å². The zero-order chi connectivity index (χ0) is 27.3. The van der Waals surface area contributed by atoms with Crippen molar-refractivity contribution in [2.45, 2.75) is 48.4 Å². The predicted octanol–water partition coefficient (Wildman–Crippen LogP) is 3.94. The molecule has 1 spiro atoms. The summed E-state index contributed by atoms with van der Waals surface area (Å²) in [6.07, 6.45) is 0.291. The molecule has 6 rings (SSSR count). The highest BCUT2D eigenvalue weighted by Crippen LogP contribution is 2.60. The predicted molar refractivity (Wildman–Crippen MR) is 151 cm³/mol. The molecule has 7 atom stereocenters. The Morgan fingerprint density at radius 2 is 1.72 bits per heavy atom. The minimum atomic E-state index is -1.20. The van der Waals surface area contributed by atoms with Gasteiger partial charge in [0, 0.05) is 16.2 Å². The van der Waals surface area contributed by atoms with E-state index < -0.39 is 41.5 Å². The number of aliphatic hydroxyl groups is 1. The number of halogens is 1. The van der Waals surface area contributed by atoms with Crippen LogP contribution < -0.4 is 10.6 Å². The van der Waals surface area contributed by atoms with Crippen molar-refractivity contribution in [1.29, 1.82) is 0 Å². The highest BCUT2D eigenvalue weighted by atomic mass is 79.9. The number of alkyl halides is 1. The Kier molecular flexibility index (Phi) is 6.69. The smallest absolute Gasteiger partial charge is 0.250 e. The number of carbonyl (C=O) groups is 3. The Morgan fingerprint density at radius 3 is 2.44 bits per heavy atom. The first-order valence-electron chi connectivity index (χ1n) is 13.3. The van der Waals surface area contributed by atoms with E-state index in [4.69, 9.17) is 4.74 Å². The number of nitrogens with one attached hydrogen (secondary N) is 2. The molecule has 3 aromatic carbocycles. The fourth-order valence-corrected chi connectivity index (χ4v) is 7.64. The zero-order valence-corrected chi connectivity index (χ0v) is 23.0. The molecule has 3 aliphatic heterocycles. The third kappa shape index (κ3) is 4.15. The van der Waals surface area contributed by atoms with Gasteiger partial charge in [0.05, 0.1) is 30.6 Å². The molecule has 3 aromatic rings. The molecule has 3 amide bonds. The lowest BCUT2D eigenvalue weighted by Gasteiger charge is -2.36. The van der Waals surface area contributed by atoms with E-state index in [0.29, 0.717) is 24.2 Å². The van der Waals surface area contributed by atoms with E-state index in [2.05, 4.69) is 26.6 Å². The van der Waals surface area contributed by atoms with Crippen molar-refractivity contribution in [3.05, 3.63) is 72.8 Å². The maximum Gasteiger partial charge on any atom is 0.250 e. The van der Waals surface area contributed by atoms with Crippen molar-refractivity contribution < 1.29 is 24.2 Å². The minimum absolute atomic E-state index is 0.210. The molecule has 8 nitrogen and oxygen atoms in total. The first kappa shape index (κ1) is 26.0. The van der Waals surface area contributed by atoms with Gasteiger partial charge in [0.2, 0.25) is 17.7 Å². The van der Waals surface area contributed by atoms with E-state index in [-0.39, 0.29) is 23.2 Å². The van der Waals surface area contributed by atoms with Gasteiger partial charge in [-0.15, -0.1) is 0 Å². The number of anilines is 2. The number of nitrogens with zero attached hydrogens (tertiary/aromatic N) is 1. The number of hydrogen-bond donors (Lipinski definition) is 3. The van der Waals surface area contributed by atoms with Crippen LogP contribution in [0.5, 0.6) is 0 Å². The fourth-order valence-electron chi connectivity index (χ4n) is 6.70. The second-order valence-electron chi connectivity index (χ2n) is 10.6. The van der Waals surface area contributed by atoms with Crippen molar-refractivity contribution >= 4 is 55.8 Å². The largest absolute Gasteiger partial charge is 0.394 e. The number of likely N-dealkylation sites (tertiary alicyclic amines) is 1. The summed E-state index contributed by atoms with van der Waals surface area (Å²) in [5.74, 6) is -2.66. The number of benzene rings is 3. The summed E-state index contributed by atoms with van der Waals surface area (Å²) in [5.41, 5.74) is 0.0300. The normalized spacial score (nSPS) is 29.9. The average molecular weight is 592 g/mol. The minimum Gasteiger partial charge on any atom is -0.394 e. The lowest BCUT2D eigenvalue weighted by Crippen LogP contribution is -2.56. The number of hydrogen-bond acceptors (Lipinski definition) is 5. The van der Waals surface area contributed by atoms with Crippen molar-refractivity contribution in [3.63, 3.8) is 0 Å². The number of carbonyl (C=O) groups excluding carboxylic acids is 3. The molecule has 0 aliphatic carbocycles. The summed E-state index contributed by atoms with van der Waals surface area (Å²) in [7, 11) is 0. The van der Waals surface area contributed by atoms with Crippen molar-refractivity contribution in [2.24, 2.45) is 11.8 Å². The van der Waals surface area contributed by atoms with Crippen molar-refractivity contribution in [3.8, 4) is 0 Å². The van der Waals surface area contributed by atoms with Crippen LogP contribution in [0.3, 0.4) is 0 Å². The Hall–Kier alpha value is -3.27. The van der Waals surface area contributed by atoms with Gasteiger partial charge < -0.3 is 25.4 Å². The second-order valence-corrected chi connectivity index (χ2v) is 11.7. The summed E-state index contributed by atoms with van der Waals surface area (Å²) in [6.45, 7) is 1.57. The SMILES string of the molecule is CC[C@@H](CO)N1C(=O)[C@@H]2[C@@H](C(=O)Nc3ccccc3)[C@@H]3OC2(CC3Br)C1C(=O)Nc1ccc2ccccc2c1. The highest BCUT2D eigenvalue weighted by molar-refractivity contribution is 9.09. The van der Waals surface area contributed by atoms with Crippen LogP contribution in [-0.2, 0) is 19.1 Å². The Labute approximate surface area is 234 Å². The number of rotatable bonds is 7. The molecule has 202 valence electrons. The van der Waals surface area contributed by atoms with Crippen molar-refractivity contribution in [2.75, 3.05) is 17.2 Å². The number of amides is 3. The molecular formula is C30H30BrN3O5. The van der Waals surface area contributed by atoms with Crippen LogP contribution in [0.1, 0.15) is 19.8 Å². The molecule has 3 saturated heterocycles. The molecule has 9 heteroatoms. The number of aliphatic hydroxyl groups excluding tert-OH is 1. The Morgan fingerprint density at radius 1 is 1.03 bits per heavy atom. The van der Waals surface area contributed by atoms with Gasteiger partial charge in [-0.2, -0.15) is 0 Å². The highest BCUT2D eigenvalue weighted by Gasteiger charge is 2.77. The van der Waals surface area contributed by atoms with Gasteiger partial charge in [-0.05, 0) is 47.9 Å². The third-order valence-corrected chi connectivity index (χ3v) is 9.26. The maximum atomic E-state index is 14.1. The van der Waals surface area contributed by atoms with Gasteiger partial charge in [-0.25, -0.2) is 0 Å². The average Bonchev–Trinajstić information content (AvgIpc) is 3.53. The first-order chi connectivity index (χ1) is 18.9. The van der Waals surface area contributed by atoms with Gasteiger partial charge >= 0.3 is 0 Å². The first-order valence-corrected chi connectivity index (χ1v) is 14.2. The number of ether oxygens (including phenoxy) is 1. The zero-order valence-electron chi connectivity index (χ0n) is 21.4. The summed E-state index contributed by atoms with van der Waals surface area (Å²) >= 11 is 3.69. The number of para-hydroxylation sites is 1. The van der Waals surface area contributed by atoms with Crippen LogP contribution >= 0.6 is 15.9 Å². The monoisotopic (exact) mass is 591 g/mol. The van der Waals surface area contributed by atoms with Crippen LogP contribution in [0.15, 0.2) is 72.8 Å².